The van der Waals surface area contributed by atoms with Gasteiger partial charge in [0.25, 0.3) is 0 Å². The summed E-state index contributed by atoms with van der Waals surface area (Å²) >= 11 is 0. The first-order valence-electron chi connectivity index (χ1n) is 9.59. The molecule has 0 N–H and O–H groups in total. The molecule has 1 amide bonds. The van der Waals surface area contributed by atoms with Crippen LogP contribution < -0.4 is 4.74 Å². The van der Waals surface area contributed by atoms with E-state index in [1.807, 2.05) is 0 Å². The van der Waals surface area contributed by atoms with Crippen molar-refractivity contribution in [1.29, 1.82) is 0 Å². The monoisotopic (exact) mass is 467 g/mol. The summed E-state index contributed by atoms with van der Waals surface area (Å²) < 4.78 is 58.2. The first kappa shape index (κ1) is 23.2. The average Bonchev–Trinajstić information content (AvgIpc) is 2.79. The summed E-state index contributed by atoms with van der Waals surface area (Å²) in [4.78, 5) is 14.4. The fourth-order valence-electron chi connectivity index (χ4n) is 3.22. The lowest BCUT2D eigenvalue weighted by atomic mass is 10.3. The highest BCUT2D eigenvalue weighted by Crippen LogP contribution is 2.21. The van der Waals surface area contributed by atoms with Gasteiger partial charge in [0.2, 0.25) is 26.0 Å². The molecule has 1 heterocycles. The third kappa shape index (κ3) is 5.06. The summed E-state index contributed by atoms with van der Waals surface area (Å²) in [6.45, 7) is 0.327. The molecule has 0 aliphatic carbocycles. The van der Waals surface area contributed by atoms with E-state index < -0.39 is 20.0 Å². The quantitative estimate of drug-likeness (QED) is 0.598. The van der Waals surface area contributed by atoms with Gasteiger partial charge in [0.15, 0.2) is 0 Å². The molecule has 0 aromatic heterocycles. The van der Waals surface area contributed by atoms with Crippen LogP contribution in [0.5, 0.6) is 5.75 Å². The highest BCUT2D eigenvalue weighted by Gasteiger charge is 2.31. The molecule has 0 bridgehead atoms. The summed E-state index contributed by atoms with van der Waals surface area (Å²) in [7, 11) is -4.61. The second-order valence-corrected chi connectivity index (χ2v) is 11.0. The third-order valence-electron chi connectivity index (χ3n) is 5.10. The molecule has 31 heavy (non-hydrogen) atoms. The minimum Gasteiger partial charge on any atom is -0.497 e. The van der Waals surface area contributed by atoms with Crippen molar-refractivity contribution in [3.63, 3.8) is 0 Å². The summed E-state index contributed by atoms with van der Waals surface area (Å²) in [6.07, 6.45) is 0. The number of piperazine rings is 1. The molecule has 0 radical (unpaired) electrons. The summed E-state index contributed by atoms with van der Waals surface area (Å²) in [5.41, 5.74) is 0. The van der Waals surface area contributed by atoms with E-state index in [0.717, 1.165) is 4.31 Å². The second kappa shape index (κ2) is 9.35. The van der Waals surface area contributed by atoms with Crippen molar-refractivity contribution >= 4 is 26.0 Å². The van der Waals surface area contributed by atoms with Crippen LogP contribution >= 0.6 is 0 Å². The van der Waals surface area contributed by atoms with Crippen LogP contribution in [0.15, 0.2) is 64.4 Å². The fourth-order valence-corrected chi connectivity index (χ4v) is 5.79. The highest BCUT2D eigenvalue weighted by atomic mass is 32.2. The Labute approximate surface area is 182 Å². The lowest BCUT2D eigenvalue weighted by Crippen LogP contribution is -2.52. The molecule has 2 aromatic carbocycles. The molecule has 1 saturated heterocycles. The van der Waals surface area contributed by atoms with Crippen LogP contribution in [0.2, 0.25) is 0 Å². The van der Waals surface area contributed by atoms with E-state index in [2.05, 4.69) is 0 Å². The standard InChI is InChI=1S/C20H25N3O6S2/c1-21(30(25,26)18-6-4-3-5-7-18)16-20(24)22-12-14-23(15-13-22)31(27,28)19-10-8-17(29-2)9-11-19/h3-11H,12-16H2,1-2H3. The number of nitrogens with zero attached hydrogens (tertiary/aromatic N) is 3. The maximum absolute atomic E-state index is 12.8. The van der Waals surface area contributed by atoms with Crippen LogP contribution in [0.1, 0.15) is 0 Å². The normalized spacial score (nSPS) is 15.8. The Hall–Kier alpha value is -2.47. The number of carbonyl (C=O) groups excluding carboxylic acids is 1. The molecule has 0 unspecified atom stereocenters. The maximum atomic E-state index is 12.8. The van der Waals surface area contributed by atoms with Crippen LogP contribution in [0.25, 0.3) is 0 Å². The van der Waals surface area contributed by atoms with E-state index in [0.29, 0.717) is 5.75 Å². The Morgan fingerprint density at radius 3 is 2.03 bits per heavy atom. The van der Waals surface area contributed by atoms with Crippen molar-refractivity contribution in [2.45, 2.75) is 9.79 Å². The number of rotatable bonds is 7. The molecule has 168 valence electrons. The Kier molecular flexibility index (Phi) is 6.99. The number of methoxy groups -OCH3 is 1. The number of benzene rings is 2. The molecule has 11 heteroatoms. The molecule has 1 fully saturated rings. The van der Waals surface area contributed by atoms with E-state index >= 15 is 0 Å². The van der Waals surface area contributed by atoms with Crippen LogP contribution in [0.3, 0.4) is 0 Å². The largest absolute Gasteiger partial charge is 0.497 e. The van der Waals surface area contributed by atoms with Crippen molar-refractivity contribution < 1.29 is 26.4 Å². The van der Waals surface area contributed by atoms with Gasteiger partial charge in [0.05, 0.1) is 23.4 Å². The number of hydrogen-bond acceptors (Lipinski definition) is 6. The number of amides is 1. The van der Waals surface area contributed by atoms with Gasteiger partial charge in [-0.15, -0.1) is 0 Å². The number of sulfonamides is 2. The van der Waals surface area contributed by atoms with Crippen LogP contribution in [-0.2, 0) is 24.8 Å². The fraction of sp³-hybridized carbons (Fsp3) is 0.350. The summed E-state index contributed by atoms with van der Waals surface area (Å²) in [5, 5.41) is 0. The van der Waals surface area contributed by atoms with Crippen LogP contribution in [-0.4, -0.2) is 83.1 Å². The molecule has 1 aliphatic rings. The minimum atomic E-state index is -3.78. The van der Waals surface area contributed by atoms with E-state index in [1.165, 1.54) is 47.6 Å². The van der Waals surface area contributed by atoms with Crippen molar-refractivity contribution in [2.24, 2.45) is 0 Å². The second-order valence-electron chi connectivity index (χ2n) is 7.03. The minimum absolute atomic E-state index is 0.112. The average molecular weight is 468 g/mol. The molecule has 1 aliphatic heterocycles. The van der Waals surface area contributed by atoms with Crippen molar-refractivity contribution in [2.75, 3.05) is 46.9 Å². The van der Waals surface area contributed by atoms with Gasteiger partial charge in [-0.25, -0.2) is 16.8 Å². The van der Waals surface area contributed by atoms with E-state index in [9.17, 15) is 21.6 Å². The Bertz CT molecular complexity index is 1110. The lowest BCUT2D eigenvalue weighted by molar-refractivity contribution is -0.132. The van der Waals surface area contributed by atoms with Crippen LogP contribution in [0, 0.1) is 0 Å². The predicted octanol–water partition coefficient (Wildman–Crippen LogP) is 0.849. The Morgan fingerprint density at radius 1 is 0.903 bits per heavy atom. The Balaban J connectivity index is 1.60. The van der Waals surface area contributed by atoms with E-state index in [-0.39, 0.29) is 48.4 Å². The van der Waals surface area contributed by atoms with E-state index in [1.54, 1.807) is 30.3 Å². The van der Waals surface area contributed by atoms with Gasteiger partial charge in [-0.2, -0.15) is 8.61 Å². The molecular formula is C20H25N3O6S2. The molecule has 0 spiro atoms. The highest BCUT2D eigenvalue weighted by molar-refractivity contribution is 7.89. The van der Waals surface area contributed by atoms with Gasteiger partial charge in [0.1, 0.15) is 5.75 Å². The summed E-state index contributed by atoms with van der Waals surface area (Å²) in [6, 6.07) is 14.0. The molecule has 2 aromatic rings. The van der Waals surface area contributed by atoms with Crippen molar-refractivity contribution in [3.8, 4) is 5.75 Å². The van der Waals surface area contributed by atoms with Gasteiger partial charge in [-0.05, 0) is 36.4 Å². The van der Waals surface area contributed by atoms with E-state index in [4.69, 9.17) is 4.74 Å². The number of hydrogen-bond donors (Lipinski definition) is 0. The lowest BCUT2D eigenvalue weighted by Gasteiger charge is -2.34. The van der Waals surface area contributed by atoms with Gasteiger partial charge in [-0.1, -0.05) is 18.2 Å². The van der Waals surface area contributed by atoms with Crippen molar-refractivity contribution in [3.05, 3.63) is 54.6 Å². The number of carbonyl (C=O) groups is 1. The molecule has 0 saturated carbocycles. The predicted molar refractivity (Wildman–Crippen MR) is 115 cm³/mol. The zero-order valence-electron chi connectivity index (χ0n) is 17.3. The third-order valence-corrected chi connectivity index (χ3v) is 8.83. The molecular weight excluding hydrogens is 442 g/mol. The zero-order chi connectivity index (χ0) is 22.6. The zero-order valence-corrected chi connectivity index (χ0v) is 19.0. The topological polar surface area (TPSA) is 104 Å². The van der Waals surface area contributed by atoms with Gasteiger partial charge < -0.3 is 9.64 Å². The molecule has 9 nitrogen and oxygen atoms in total. The first-order chi connectivity index (χ1) is 14.7. The van der Waals surface area contributed by atoms with Gasteiger partial charge in [-0.3, -0.25) is 4.79 Å². The summed E-state index contributed by atoms with van der Waals surface area (Å²) in [5.74, 6) is 0.187. The Morgan fingerprint density at radius 2 is 1.48 bits per heavy atom. The maximum Gasteiger partial charge on any atom is 0.243 e. The number of likely N-dealkylation sites (N-methyl/N-ethyl adjacent to an activating group) is 1. The first-order valence-corrected chi connectivity index (χ1v) is 12.5. The molecule has 0 atom stereocenters. The van der Waals surface area contributed by atoms with Gasteiger partial charge in [0, 0.05) is 33.2 Å². The molecule has 3 rings (SSSR count). The number of ether oxygens (including phenoxy) is 1. The van der Waals surface area contributed by atoms with Crippen molar-refractivity contribution in [1.82, 2.24) is 13.5 Å². The SMILES string of the molecule is COc1ccc(S(=O)(=O)N2CCN(C(=O)CN(C)S(=O)(=O)c3ccccc3)CC2)cc1. The van der Waals surface area contributed by atoms with Gasteiger partial charge >= 0.3 is 0 Å². The van der Waals surface area contributed by atoms with Crippen LogP contribution in [0.4, 0.5) is 0 Å². The smallest absolute Gasteiger partial charge is 0.243 e.